The molecule has 0 aliphatic carbocycles. The first-order valence-corrected chi connectivity index (χ1v) is 7.02. The van der Waals surface area contributed by atoms with E-state index in [4.69, 9.17) is 5.84 Å². The van der Waals surface area contributed by atoms with Crippen molar-refractivity contribution >= 4 is 0 Å². The Morgan fingerprint density at radius 2 is 2.06 bits per heavy atom. The second-order valence-corrected chi connectivity index (χ2v) is 5.49. The summed E-state index contributed by atoms with van der Waals surface area (Å²) in [6, 6.07) is 1.12. The average Bonchev–Trinajstić information content (AvgIpc) is 2.32. The van der Waals surface area contributed by atoms with Crippen LogP contribution in [0, 0.1) is 0 Å². The molecule has 1 aliphatic rings. The van der Waals surface area contributed by atoms with E-state index < -0.39 is 0 Å². The van der Waals surface area contributed by atoms with Crippen molar-refractivity contribution in [3.63, 3.8) is 0 Å². The van der Waals surface area contributed by atoms with Crippen molar-refractivity contribution < 1.29 is 0 Å². The van der Waals surface area contributed by atoms with Gasteiger partial charge in [-0.05, 0) is 26.9 Å². The Morgan fingerprint density at radius 1 is 1.29 bits per heavy atom. The van der Waals surface area contributed by atoms with Crippen LogP contribution in [0.4, 0.5) is 0 Å². The van der Waals surface area contributed by atoms with Gasteiger partial charge < -0.3 is 9.80 Å². The quantitative estimate of drug-likeness (QED) is 0.398. The Bertz CT molecular complexity index is 198. The number of nitrogens with one attached hydrogen (secondary N) is 1. The first-order chi connectivity index (χ1) is 8.17. The van der Waals surface area contributed by atoms with E-state index in [-0.39, 0.29) is 0 Å². The van der Waals surface area contributed by atoms with Crippen molar-refractivity contribution in [2.75, 3.05) is 33.7 Å². The molecule has 0 saturated carbocycles. The summed E-state index contributed by atoms with van der Waals surface area (Å²) in [7, 11) is 4.44. The van der Waals surface area contributed by atoms with Crippen molar-refractivity contribution in [1.29, 1.82) is 0 Å². The second-order valence-electron chi connectivity index (χ2n) is 5.49. The van der Waals surface area contributed by atoms with Gasteiger partial charge in [-0.2, -0.15) is 0 Å². The summed E-state index contributed by atoms with van der Waals surface area (Å²) in [6.45, 7) is 5.77. The van der Waals surface area contributed by atoms with Gasteiger partial charge in [0.2, 0.25) is 0 Å². The number of nitrogens with zero attached hydrogens (tertiary/aromatic N) is 2. The maximum atomic E-state index is 5.67. The predicted molar refractivity (Wildman–Crippen MR) is 73.8 cm³/mol. The van der Waals surface area contributed by atoms with Gasteiger partial charge in [0.15, 0.2) is 0 Å². The lowest BCUT2D eigenvalue weighted by Crippen LogP contribution is -2.52. The first kappa shape index (κ1) is 14.9. The van der Waals surface area contributed by atoms with Crippen LogP contribution in [0.5, 0.6) is 0 Å². The molecular formula is C13H30N4. The highest BCUT2D eigenvalue weighted by Gasteiger charge is 2.24. The zero-order valence-corrected chi connectivity index (χ0v) is 11.8. The molecule has 2 atom stereocenters. The largest absolute Gasteiger partial charge is 0.304 e. The summed E-state index contributed by atoms with van der Waals surface area (Å²) in [4.78, 5) is 4.90. The van der Waals surface area contributed by atoms with E-state index in [1.807, 2.05) is 0 Å². The van der Waals surface area contributed by atoms with Crippen molar-refractivity contribution in [2.24, 2.45) is 5.84 Å². The minimum atomic E-state index is 0.473. The zero-order chi connectivity index (χ0) is 12.7. The van der Waals surface area contributed by atoms with Crippen LogP contribution in [0.2, 0.25) is 0 Å². The third kappa shape index (κ3) is 5.34. The molecule has 1 heterocycles. The Balaban J connectivity index is 2.32. The number of likely N-dealkylation sites (N-methyl/N-ethyl adjacent to an activating group) is 2. The minimum absolute atomic E-state index is 0.473. The van der Waals surface area contributed by atoms with Crippen LogP contribution in [-0.4, -0.2) is 55.6 Å². The van der Waals surface area contributed by atoms with E-state index in [9.17, 15) is 0 Å². The van der Waals surface area contributed by atoms with E-state index in [0.29, 0.717) is 12.1 Å². The average molecular weight is 242 g/mol. The number of hydrazine groups is 1. The molecule has 0 radical (unpaired) electrons. The molecule has 4 heteroatoms. The van der Waals surface area contributed by atoms with Crippen LogP contribution in [0.1, 0.15) is 39.0 Å². The molecule has 1 fully saturated rings. The lowest BCUT2D eigenvalue weighted by atomic mass is 9.99. The number of piperazine rings is 1. The standard InChI is InChI=1S/C13H30N4/c1-4-5-6-7-12(15-14)10-13-11-16(2)8-9-17(13)3/h12-13,15H,4-11,14H2,1-3H3. The van der Waals surface area contributed by atoms with E-state index >= 15 is 0 Å². The number of nitrogens with two attached hydrogens (primary N) is 1. The van der Waals surface area contributed by atoms with Gasteiger partial charge in [-0.15, -0.1) is 0 Å². The molecule has 1 saturated heterocycles. The second kappa shape index (κ2) is 8.03. The predicted octanol–water partition coefficient (Wildman–Crippen LogP) is 1.03. The van der Waals surface area contributed by atoms with Crippen molar-refractivity contribution in [3.05, 3.63) is 0 Å². The smallest absolute Gasteiger partial charge is 0.0235 e. The van der Waals surface area contributed by atoms with Crippen LogP contribution >= 0.6 is 0 Å². The number of hydrogen-bond donors (Lipinski definition) is 2. The molecule has 17 heavy (non-hydrogen) atoms. The fourth-order valence-corrected chi connectivity index (χ4v) is 2.59. The molecule has 0 aromatic heterocycles. The monoisotopic (exact) mass is 242 g/mol. The van der Waals surface area contributed by atoms with Gasteiger partial charge in [0.25, 0.3) is 0 Å². The molecule has 102 valence electrons. The number of unbranched alkanes of at least 4 members (excludes halogenated alkanes) is 2. The molecule has 0 bridgehead atoms. The topological polar surface area (TPSA) is 44.5 Å². The van der Waals surface area contributed by atoms with E-state index in [0.717, 1.165) is 0 Å². The minimum Gasteiger partial charge on any atom is -0.304 e. The molecule has 1 aliphatic heterocycles. The fraction of sp³-hybridized carbons (Fsp3) is 1.00. The van der Waals surface area contributed by atoms with Gasteiger partial charge in [0.1, 0.15) is 0 Å². The van der Waals surface area contributed by atoms with Crippen LogP contribution in [0.15, 0.2) is 0 Å². The van der Waals surface area contributed by atoms with Gasteiger partial charge in [0.05, 0.1) is 0 Å². The SMILES string of the molecule is CCCCCC(CC1CN(C)CCN1C)NN. The summed E-state index contributed by atoms with van der Waals surface area (Å²) in [5.41, 5.74) is 3.00. The molecule has 0 aromatic rings. The molecule has 3 N–H and O–H groups in total. The van der Waals surface area contributed by atoms with Gasteiger partial charge in [-0.25, -0.2) is 0 Å². The van der Waals surface area contributed by atoms with Crippen LogP contribution in [-0.2, 0) is 0 Å². The third-order valence-electron chi connectivity index (χ3n) is 3.93. The van der Waals surface area contributed by atoms with Crippen molar-refractivity contribution in [3.8, 4) is 0 Å². The Hall–Kier alpha value is -0.160. The maximum Gasteiger partial charge on any atom is 0.0235 e. The summed E-state index contributed by atoms with van der Waals surface area (Å²) in [5.74, 6) is 5.67. The maximum absolute atomic E-state index is 5.67. The summed E-state index contributed by atoms with van der Waals surface area (Å²) >= 11 is 0. The number of hydrogen-bond acceptors (Lipinski definition) is 4. The lowest BCUT2D eigenvalue weighted by Gasteiger charge is -2.39. The Kier molecular flexibility index (Phi) is 7.04. The normalized spacial score (nSPS) is 25.1. The number of rotatable bonds is 7. The molecule has 0 amide bonds. The van der Waals surface area contributed by atoms with Gasteiger partial charge >= 0.3 is 0 Å². The molecule has 0 spiro atoms. The third-order valence-corrected chi connectivity index (χ3v) is 3.93. The summed E-state index contributed by atoms with van der Waals surface area (Å²) in [5, 5.41) is 0. The van der Waals surface area contributed by atoms with Crippen molar-refractivity contribution in [2.45, 2.75) is 51.1 Å². The molecule has 1 rings (SSSR count). The van der Waals surface area contributed by atoms with Crippen molar-refractivity contribution in [1.82, 2.24) is 15.2 Å². The van der Waals surface area contributed by atoms with Gasteiger partial charge in [-0.1, -0.05) is 26.2 Å². The summed E-state index contributed by atoms with van der Waals surface area (Å²) < 4.78 is 0. The first-order valence-electron chi connectivity index (χ1n) is 7.02. The van der Waals surface area contributed by atoms with E-state index in [1.54, 1.807) is 0 Å². The fourth-order valence-electron chi connectivity index (χ4n) is 2.59. The molecular weight excluding hydrogens is 212 g/mol. The Labute approximate surface area is 106 Å². The molecule has 0 aromatic carbocycles. The van der Waals surface area contributed by atoms with Crippen LogP contribution in [0.25, 0.3) is 0 Å². The highest BCUT2D eigenvalue weighted by molar-refractivity contribution is 4.82. The van der Waals surface area contributed by atoms with E-state index in [1.165, 1.54) is 51.7 Å². The zero-order valence-electron chi connectivity index (χ0n) is 11.8. The van der Waals surface area contributed by atoms with Gasteiger partial charge in [-0.3, -0.25) is 11.3 Å². The lowest BCUT2D eigenvalue weighted by molar-refractivity contribution is 0.0998. The molecule has 4 nitrogen and oxygen atoms in total. The highest BCUT2D eigenvalue weighted by atomic mass is 15.3. The summed E-state index contributed by atoms with van der Waals surface area (Å²) in [6.07, 6.45) is 6.26. The van der Waals surface area contributed by atoms with Gasteiger partial charge in [0, 0.05) is 31.7 Å². The Morgan fingerprint density at radius 3 is 2.71 bits per heavy atom. The van der Waals surface area contributed by atoms with Crippen LogP contribution in [0.3, 0.4) is 0 Å². The highest BCUT2D eigenvalue weighted by Crippen LogP contribution is 2.15. The van der Waals surface area contributed by atoms with E-state index in [2.05, 4.69) is 36.2 Å². The van der Waals surface area contributed by atoms with Crippen LogP contribution < -0.4 is 11.3 Å². The molecule has 2 unspecified atom stereocenters.